The van der Waals surface area contributed by atoms with Gasteiger partial charge in [-0.25, -0.2) is 8.42 Å². The second-order valence-corrected chi connectivity index (χ2v) is 13.3. The summed E-state index contributed by atoms with van der Waals surface area (Å²) in [5, 5.41) is 11.2. The van der Waals surface area contributed by atoms with Gasteiger partial charge < -0.3 is 5.11 Å². The lowest BCUT2D eigenvalue weighted by molar-refractivity contribution is 0.175. The van der Waals surface area contributed by atoms with Crippen LogP contribution in [0.15, 0.2) is 69.9 Å². The Balaban J connectivity index is 5.17. The van der Waals surface area contributed by atoms with Crippen LogP contribution in [0.25, 0.3) is 0 Å². The van der Waals surface area contributed by atoms with Gasteiger partial charge in [-0.1, -0.05) is 70.7 Å². The van der Waals surface area contributed by atoms with Crippen molar-refractivity contribution in [1.82, 2.24) is 0 Å². The van der Waals surface area contributed by atoms with Gasteiger partial charge in [0.05, 0.1) is 5.75 Å². The van der Waals surface area contributed by atoms with E-state index in [1.54, 1.807) is 13.0 Å². The van der Waals surface area contributed by atoms with E-state index in [4.69, 9.17) is 0 Å². The van der Waals surface area contributed by atoms with Crippen LogP contribution in [-0.2, 0) is 9.84 Å². The molecule has 0 aliphatic heterocycles. The van der Waals surface area contributed by atoms with Gasteiger partial charge in [0, 0.05) is 6.42 Å². The molecule has 0 saturated carbocycles. The standard InChI is InChI=1S/C32H54O3S/c1-10-36(34,35)32(33,25-31(9)22-14-20-29(7)18-12-16-27(4)5)24-23-30(8)21-13-19-28(6)17-11-15-26(2)3/h15-16,19-20,23,25,33H,10-14,17-18,21-22,24H2,1-9H3. The highest BCUT2D eigenvalue weighted by Gasteiger charge is 2.37. The minimum atomic E-state index is -3.67. The van der Waals surface area contributed by atoms with E-state index in [1.807, 2.05) is 19.9 Å². The first-order valence-electron chi connectivity index (χ1n) is 13.6. The first-order valence-corrected chi connectivity index (χ1v) is 15.2. The number of aliphatic hydroxyl groups is 1. The van der Waals surface area contributed by atoms with Crippen LogP contribution in [0.1, 0.15) is 120 Å². The molecule has 0 bridgehead atoms. The van der Waals surface area contributed by atoms with Gasteiger partial charge in [-0.05, 0) is 113 Å². The van der Waals surface area contributed by atoms with E-state index in [9.17, 15) is 13.5 Å². The van der Waals surface area contributed by atoms with E-state index in [0.29, 0.717) is 0 Å². The van der Waals surface area contributed by atoms with E-state index in [1.165, 1.54) is 22.3 Å². The molecule has 36 heavy (non-hydrogen) atoms. The molecule has 0 fully saturated rings. The summed E-state index contributed by atoms with van der Waals surface area (Å²) in [5.41, 5.74) is 7.42. The minimum absolute atomic E-state index is 0.0862. The predicted molar refractivity (Wildman–Crippen MR) is 160 cm³/mol. The van der Waals surface area contributed by atoms with Crippen molar-refractivity contribution in [3.05, 3.63) is 69.9 Å². The highest BCUT2D eigenvalue weighted by Crippen LogP contribution is 2.27. The van der Waals surface area contributed by atoms with E-state index in [-0.39, 0.29) is 12.2 Å². The maximum atomic E-state index is 12.8. The molecule has 0 aromatic heterocycles. The summed E-state index contributed by atoms with van der Waals surface area (Å²) in [7, 11) is -3.67. The Bertz CT molecular complexity index is 947. The molecule has 0 rings (SSSR count). The minimum Gasteiger partial charge on any atom is -0.371 e. The predicted octanol–water partition coefficient (Wildman–Crippen LogP) is 9.34. The third kappa shape index (κ3) is 15.5. The summed E-state index contributed by atoms with van der Waals surface area (Å²) >= 11 is 0. The fourth-order valence-corrected chi connectivity index (χ4v) is 5.10. The fraction of sp³-hybridized carbons (Fsp3) is 0.625. The molecule has 0 radical (unpaired) electrons. The lowest BCUT2D eigenvalue weighted by Gasteiger charge is -2.24. The van der Waals surface area contributed by atoms with Gasteiger partial charge in [0.1, 0.15) is 0 Å². The highest BCUT2D eigenvalue weighted by molar-refractivity contribution is 7.92. The second kappa shape index (κ2) is 17.7. The van der Waals surface area contributed by atoms with Crippen molar-refractivity contribution in [2.24, 2.45) is 0 Å². The van der Waals surface area contributed by atoms with E-state index >= 15 is 0 Å². The second-order valence-electron chi connectivity index (χ2n) is 10.8. The monoisotopic (exact) mass is 518 g/mol. The summed E-state index contributed by atoms with van der Waals surface area (Å²) in [6.45, 7) is 18.3. The Hall–Kier alpha value is -1.65. The Morgan fingerprint density at radius 2 is 0.972 bits per heavy atom. The Labute approximate surface area is 223 Å². The van der Waals surface area contributed by atoms with Crippen LogP contribution >= 0.6 is 0 Å². The van der Waals surface area contributed by atoms with Gasteiger partial charge in [-0.3, -0.25) is 0 Å². The zero-order valence-corrected chi connectivity index (χ0v) is 25.5. The molecule has 0 amide bonds. The molecule has 1 atom stereocenters. The molecule has 0 aromatic carbocycles. The maximum Gasteiger partial charge on any atom is 0.188 e. The molecule has 1 N–H and O–H groups in total. The number of hydrogen-bond donors (Lipinski definition) is 1. The quantitative estimate of drug-likeness (QED) is 0.195. The normalized spacial score (nSPS) is 15.5. The third-order valence-corrected chi connectivity index (χ3v) is 8.50. The number of rotatable bonds is 17. The molecule has 0 aromatic rings. The molecule has 0 saturated heterocycles. The molecule has 0 aliphatic rings. The van der Waals surface area contributed by atoms with E-state index in [0.717, 1.165) is 62.5 Å². The fourth-order valence-electron chi connectivity index (χ4n) is 3.88. The highest BCUT2D eigenvalue weighted by atomic mass is 32.2. The van der Waals surface area contributed by atoms with Gasteiger partial charge in [-0.2, -0.15) is 0 Å². The smallest absolute Gasteiger partial charge is 0.188 e. The van der Waals surface area contributed by atoms with Crippen LogP contribution in [0.2, 0.25) is 0 Å². The number of sulfone groups is 1. The molecule has 0 heterocycles. The lowest BCUT2D eigenvalue weighted by atomic mass is 10.0. The van der Waals surface area contributed by atoms with Crippen LogP contribution in [0, 0.1) is 0 Å². The molecule has 3 nitrogen and oxygen atoms in total. The lowest BCUT2D eigenvalue weighted by Crippen LogP contribution is -2.37. The molecule has 1 unspecified atom stereocenters. The van der Waals surface area contributed by atoms with Gasteiger partial charge in [0.25, 0.3) is 0 Å². The largest absolute Gasteiger partial charge is 0.371 e. The van der Waals surface area contributed by atoms with Crippen LogP contribution < -0.4 is 0 Å². The molecule has 0 aliphatic carbocycles. The van der Waals surface area contributed by atoms with Crippen LogP contribution in [0.5, 0.6) is 0 Å². The van der Waals surface area contributed by atoms with Crippen molar-refractivity contribution >= 4 is 9.84 Å². The van der Waals surface area contributed by atoms with Gasteiger partial charge in [0.2, 0.25) is 0 Å². The Morgan fingerprint density at radius 3 is 1.36 bits per heavy atom. The van der Waals surface area contributed by atoms with Crippen molar-refractivity contribution in [3.8, 4) is 0 Å². The van der Waals surface area contributed by atoms with Crippen molar-refractivity contribution in [2.75, 3.05) is 5.75 Å². The Kier molecular flexibility index (Phi) is 16.9. The van der Waals surface area contributed by atoms with Crippen molar-refractivity contribution in [2.45, 2.75) is 125 Å². The SMILES string of the molecule is CCS(=O)(=O)C(O)(C=C(C)CCC=C(C)CCC=C(C)C)CC=C(C)CCC=C(C)CCC=C(C)C. The Morgan fingerprint density at radius 1 is 0.611 bits per heavy atom. The first kappa shape index (κ1) is 34.4. The first-order chi connectivity index (χ1) is 16.7. The van der Waals surface area contributed by atoms with Crippen molar-refractivity contribution in [1.29, 1.82) is 0 Å². The zero-order chi connectivity index (χ0) is 27.8. The van der Waals surface area contributed by atoms with Crippen LogP contribution in [0.4, 0.5) is 0 Å². The summed E-state index contributed by atoms with van der Waals surface area (Å²) in [6.07, 6.45) is 20.2. The topological polar surface area (TPSA) is 54.4 Å². The number of allylic oxidation sites excluding steroid dienone is 10. The maximum absolute atomic E-state index is 12.8. The molecule has 0 spiro atoms. The summed E-state index contributed by atoms with van der Waals surface area (Å²) in [4.78, 5) is -1.86. The molecule has 206 valence electrons. The average molecular weight is 519 g/mol. The van der Waals surface area contributed by atoms with Gasteiger partial charge in [-0.15, -0.1) is 0 Å². The van der Waals surface area contributed by atoms with E-state index in [2.05, 4.69) is 65.8 Å². The van der Waals surface area contributed by atoms with Gasteiger partial charge >= 0.3 is 0 Å². The van der Waals surface area contributed by atoms with Gasteiger partial charge in [0.15, 0.2) is 14.8 Å². The third-order valence-electron chi connectivity index (χ3n) is 6.38. The summed E-state index contributed by atoms with van der Waals surface area (Å²) in [5.74, 6) is -0.0862. The number of hydrogen-bond acceptors (Lipinski definition) is 3. The summed E-state index contributed by atoms with van der Waals surface area (Å²) in [6, 6.07) is 0. The van der Waals surface area contributed by atoms with Crippen molar-refractivity contribution in [3.63, 3.8) is 0 Å². The van der Waals surface area contributed by atoms with Crippen LogP contribution in [0.3, 0.4) is 0 Å². The average Bonchev–Trinajstić information content (AvgIpc) is 2.77. The van der Waals surface area contributed by atoms with E-state index < -0.39 is 14.8 Å². The molecular weight excluding hydrogens is 464 g/mol. The molecular formula is C32H54O3S. The zero-order valence-electron chi connectivity index (χ0n) is 24.7. The van der Waals surface area contributed by atoms with Crippen LogP contribution in [-0.4, -0.2) is 24.2 Å². The molecule has 4 heteroatoms. The van der Waals surface area contributed by atoms with Crippen molar-refractivity contribution < 1.29 is 13.5 Å². The summed E-state index contributed by atoms with van der Waals surface area (Å²) < 4.78 is 25.6.